The molecule has 0 saturated carbocycles. The number of nitrogens with one attached hydrogen (secondary N) is 1. The monoisotopic (exact) mass is 297 g/mol. The van der Waals surface area contributed by atoms with Crippen molar-refractivity contribution in [3.8, 4) is 5.75 Å². The Bertz CT molecular complexity index is 686. The summed E-state index contributed by atoms with van der Waals surface area (Å²) < 4.78 is 36.5. The third-order valence-corrected chi connectivity index (χ3v) is 3.20. The topological polar surface area (TPSA) is 95.9 Å². The van der Waals surface area contributed by atoms with Crippen LogP contribution in [-0.4, -0.2) is 37.3 Å². The van der Waals surface area contributed by atoms with E-state index in [-0.39, 0.29) is 13.2 Å². The highest BCUT2D eigenvalue weighted by Crippen LogP contribution is 2.20. The zero-order chi connectivity index (χ0) is 14.6. The quantitative estimate of drug-likeness (QED) is 0.691. The lowest BCUT2D eigenvalue weighted by Gasteiger charge is -2.12. The molecule has 6 nitrogen and oxygen atoms in total. The van der Waals surface area contributed by atoms with Crippen LogP contribution in [0.2, 0.25) is 0 Å². The van der Waals surface area contributed by atoms with E-state index in [4.69, 9.17) is 9.29 Å². The molecule has 1 unspecified atom stereocenters. The molecule has 20 heavy (non-hydrogen) atoms. The molecule has 1 atom stereocenters. The van der Waals surface area contributed by atoms with Gasteiger partial charge in [-0.2, -0.15) is 13.1 Å². The van der Waals surface area contributed by atoms with Crippen molar-refractivity contribution in [1.29, 1.82) is 0 Å². The van der Waals surface area contributed by atoms with Crippen molar-refractivity contribution in [3.05, 3.63) is 42.5 Å². The molecule has 0 fully saturated rings. The predicted octanol–water partition coefficient (Wildman–Crippen LogP) is 0.972. The summed E-state index contributed by atoms with van der Waals surface area (Å²) >= 11 is 0. The molecule has 0 aliphatic heterocycles. The number of aliphatic hydroxyl groups excluding tert-OH is 1. The Hall–Kier alpha value is -1.67. The summed E-state index contributed by atoms with van der Waals surface area (Å²) in [5.41, 5.74) is 0. The third-order valence-electron chi connectivity index (χ3n) is 2.66. The first-order valence-corrected chi connectivity index (χ1v) is 7.40. The fourth-order valence-corrected chi connectivity index (χ4v) is 2.11. The fourth-order valence-electron chi connectivity index (χ4n) is 1.71. The van der Waals surface area contributed by atoms with Crippen LogP contribution in [0.25, 0.3) is 10.8 Å². The Balaban J connectivity index is 1.92. The van der Waals surface area contributed by atoms with Crippen LogP contribution in [0.1, 0.15) is 0 Å². The molecule has 2 aromatic rings. The van der Waals surface area contributed by atoms with Gasteiger partial charge in [0.05, 0.1) is 0 Å². The van der Waals surface area contributed by atoms with E-state index in [1.54, 1.807) is 10.8 Å². The number of rotatable bonds is 6. The van der Waals surface area contributed by atoms with E-state index in [1.165, 1.54) is 0 Å². The van der Waals surface area contributed by atoms with Gasteiger partial charge in [-0.15, -0.1) is 0 Å². The zero-order valence-electron chi connectivity index (χ0n) is 10.6. The second kappa shape index (κ2) is 6.19. The third kappa shape index (κ3) is 4.46. The summed E-state index contributed by atoms with van der Waals surface area (Å²) in [4.78, 5) is 0. The summed E-state index contributed by atoms with van der Waals surface area (Å²) in [6.45, 7) is -0.396. The van der Waals surface area contributed by atoms with Crippen LogP contribution in [-0.2, 0) is 10.3 Å². The molecule has 0 bridgehead atoms. The highest BCUT2D eigenvalue weighted by Gasteiger charge is 2.10. The molecule has 0 spiro atoms. The Morgan fingerprint density at radius 2 is 1.85 bits per heavy atom. The van der Waals surface area contributed by atoms with E-state index in [0.29, 0.717) is 5.75 Å². The van der Waals surface area contributed by atoms with Crippen molar-refractivity contribution in [2.45, 2.75) is 6.10 Å². The first-order chi connectivity index (χ1) is 9.44. The van der Waals surface area contributed by atoms with Crippen molar-refractivity contribution >= 4 is 21.1 Å². The molecule has 0 radical (unpaired) electrons. The average Bonchev–Trinajstić information content (AvgIpc) is 2.42. The molecule has 3 N–H and O–H groups in total. The highest BCUT2D eigenvalue weighted by molar-refractivity contribution is 7.83. The van der Waals surface area contributed by atoms with Crippen LogP contribution >= 0.6 is 0 Å². The predicted molar refractivity (Wildman–Crippen MR) is 75.0 cm³/mol. The van der Waals surface area contributed by atoms with Gasteiger partial charge in [-0.05, 0) is 22.9 Å². The molecule has 0 aliphatic carbocycles. The molecular weight excluding hydrogens is 282 g/mol. The van der Waals surface area contributed by atoms with Gasteiger partial charge in [0.15, 0.2) is 0 Å². The SMILES string of the molecule is O=S(=O)(O)NCC(O)COc1ccc2ccccc2c1. The molecule has 0 aromatic heterocycles. The Morgan fingerprint density at radius 1 is 1.15 bits per heavy atom. The maximum absolute atomic E-state index is 10.4. The second-order valence-corrected chi connectivity index (χ2v) is 5.54. The van der Waals surface area contributed by atoms with Gasteiger partial charge < -0.3 is 9.84 Å². The van der Waals surface area contributed by atoms with E-state index in [1.807, 2.05) is 36.4 Å². The van der Waals surface area contributed by atoms with Gasteiger partial charge in [0.2, 0.25) is 0 Å². The number of fused-ring (bicyclic) bond motifs is 1. The second-order valence-electron chi connectivity index (χ2n) is 4.30. The molecule has 2 aromatic carbocycles. The molecule has 108 valence electrons. The lowest BCUT2D eigenvalue weighted by atomic mass is 10.1. The summed E-state index contributed by atoms with van der Waals surface area (Å²) in [7, 11) is -4.30. The number of aliphatic hydroxyl groups is 1. The van der Waals surface area contributed by atoms with Crippen molar-refractivity contribution in [3.63, 3.8) is 0 Å². The van der Waals surface area contributed by atoms with Crippen LogP contribution in [0.15, 0.2) is 42.5 Å². The van der Waals surface area contributed by atoms with Crippen molar-refractivity contribution in [1.82, 2.24) is 4.72 Å². The van der Waals surface area contributed by atoms with Crippen LogP contribution in [0, 0.1) is 0 Å². The van der Waals surface area contributed by atoms with Gasteiger partial charge in [0, 0.05) is 6.54 Å². The van der Waals surface area contributed by atoms with Gasteiger partial charge in [-0.1, -0.05) is 30.3 Å². The van der Waals surface area contributed by atoms with Crippen molar-refractivity contribution in [2.24, 2.45) is 0 Å². The first kappa shape index (κ1) is 14.7. The lowest BCUT2D eigenvalue weighted by molar-refractivity contribution is 0.110. The Morgan fingerprint density at radius 3 is 2.55 bits per heavy atom. The fraction of sp³-hybridized carbons (Fsp3) is 0.231. The molecule has 0 saturated heterocycles. The summed E-state index contributed by atoms with van der Waals surface area (Å²) in [5, 5.41) is 11.6. The maximum atomic E-state index is 10.4. The minimum Gasteiger partial charge on any atom is -0.491 e. The number of benzene rings is 2. The average molecular weight is 297 g/mol. The maximum Gasteiger partial charge on any atom is 0.333 e. The molecule has 2 rings (SSSR count). The molecule has 0 aliphatic rings. The van der Waals surface area contributed by atoms with Crippen LogP contribution in [0.4, 0.5) is 0 Å². The standard InChI is InChI=1S/C13H15NO5S/c15-12(8-14-20(16,17)18)9-19-13-6-5-10-3-1-2-4-11(10)7-13/h1-7,12,14-15H,8-9H2,(H,16,17,18). The number of ether oxygens (including phenoxy) is 1. The summed E-state index contributed by atoms with van der Waals surface area (Å²) in [6.07, 6.45) is -1.05. The molecule has 0 heterocycles. The minimum absolute atomic E-state index is 0.0825. The Labute approximate surface area is 116 Å². The number of hydrogen-bond donors (Lipinski definition) is 3. The lowest BCUT2D eigenvalue weighted by Crippen LogP contribution is -2.34. The molecule has 7 heteroatoms. The smallest absolute Gasteiger partial charge is 0.333 e. The van der Waals surface area contributed by atoms with E-state index in [2.05, 4.69) is 0 Å². The molecule has 0 amide bonds. The van der Waals surface area contributed by atoms with Gasteiger partial charge in [-0.25, -0.2) is 0 Å². The minimum atomic E-state index is -4.30. The van der Waals surface area contributed by atoms with Gasteiger partial charge in [0.1, 0.15) is 18.5 Å². The van der Waals surface area contributed by atoms with Gasteiger partial charge in [0.25, 0.3) is 0 Å². The van der Waals surface area contributed by atoms with Gasteiger partial charge >= 0.3 is 10.3 Å². The highest BCUT2D eigenvalue weighted by atomic mass is 32.2. The normalized spacial score (nSPS) is 13.3. The first-order valence-electron chi connectivity index (χ1n) is 5.96. The molecular formula is C13H15NO5S. The van der Waals surface area contributed by atoms with Crippen LogP contribution < -0.4 is 9.46 Å². The van der Waals surface area contributed by atoms with Crippen molar-refractivity contribution < 1.29 is 22.8 Å². The van der Waals surface area contributed by atoms with E-state index in [9.17, 15) is 13.5 Å². The van der Waals surface area contributed by atoms with E-state index >= 15 is 0 Å². The van der Waals surface area contributed by atoms with E-state index in [0.717, 1.165) is 10.8 Å². The van der Waals surface area contributed by atoms with Gasteiger partial charge in [-0.3, -0.25) is 4.55 Å². The number of hydrogen-bond acceptors (Lipinski definition) is 4. The van der Waals surface area contributed by atoms with Crippen LogP contribution in [0.5, 0.6) is 5.75 Å². The Kier molecular flexibility index (Phi) is 4.56. The van der Waals surface area contributed by atoms with Crippen LogP contribution in [0.3, 0.4) is 0 Å². The summed E-state index contributed by atoms with van der Waals surface area (Å²) in [5.74, 6) is 0.578. The zero-order valence-corrected chi connectivity index (χ0v) is 11.4. The van der Waals surface area contributed by atoms with E-state index < -0.39 is 16.4 Å². The summed E-state index contributed by atoms with van der Waals surface area (Å²) in [6, 6.07) is 13.3. The largest absolute Gasteiger partial charge is 0.491 e. The van der Waals surface area contributed by atoms with Crippen molar-refractivity contribution in [2.75, 3.05) is 13.2 Å².